The zero-order chi connectivity index (χ0) is 15.4. The van der Waals surface area contributed by atoms with Gasteiger partial charge in [0, 0.05) is 51.0 Å². The summed E-state index contributed by atoms with van der Waals surface area (Å²) >= 11 is 0. The first-order valence-electron chi connectivity index (χ1n) is 7.59. The summed E-state index contributed by atoms with van der Waals surface area (Å²) in [6, 6.07) is 6.33. The van der Waals surface area contributed by atoms with E-state index in [0.717, 1.165) is 50.5 Å². The first-order valence-corrected chi connectivity index (χ1v) is 7.59. The summed E-state index contributed by atoms with van der Waals surface area (Å²) in [6.07, 6.45) is 3.86. The van der Waals surface area contributed by atoms with Crippen LogP contribution in [0.15, 0.2) is 36.7 Å². The normalized spacial score (nSPS) is 17.0. The lowest BCUT2D eigenvalue weighted by Gasteiger charge is -2.34. The minimum Gasteiger partial charge on any atom is -0.395 e. The molecule has 0 amide bonds. The topological polar surface area (TPSA) is 44.5 Å². The molecule has 2 heterocycles. The van der Waals surface area contributed by atoms with Crippen LogP contribution in [-0.2, 0) is 6.54 Å². The molecule has 6 heteroatoms. The van der Waals surface area contributed by atoms with Gasteiger partial charge in [-0.15, -0.1) is 0 Å². The monoisotopic (exact) mass is 304 g/mol. The highest BCUT2D eigenvalue weighted by molar-refractivity contribution is 5.31. The molecule has 0 unspecified atom stereocenters. The van der Waals surface area contributed by atoms with E-state index in [-0.39, 0.29) is 12.4 Å². The first-order chi connectivity index (χ1) is 10.7. The van der Waals surface area contributed by atoms with Crippen molar-refractivity contribution in [1.29, 1.82) is 0 Å². The van der Waals surface area contributed by atoms with Gasteiger partial charge in [-0.1, -0.05) is 0 Å². The van der Waals surface area contributed by atoms with Gasteiger partial charge in [-0.3, -0.25) is 9.80 Å². The molecule has 1 N–H and O–H groups in total. The van der Waals surface area contributed by atoms with E-state index >= 15 is 0 Å². The van der Waals surface area contributed by atoms with Crippen LogP contribution < -0.4 is 0 Å². The van der Waals surface area contributed by atoms with E-state index in [4.69, 9.17) is 5.11 Å². The Morgan fingerprint density at radius 3 is 2.41 bits per heavy atom. The van der Waals surface area contributed by atoms with E-state index in [1.165, 1.54) is 12.1 Å². The van der Waals surface area contributed by atoms with Gasteiger partial charge >= 0.3 is 0 Å². The molecule has 1 saturated heterocycles. The second-order valence-electron chi connectivity index (χ2n) is 5.61. The van der Waals surface area contributed by atoms with Crippen LogP contribution in [0.5, 0.6) is 0 Å². The van der Waals surface area contributed by atoms with Crippen molar-refractivity contribution in [2.45, 2.75) is 6.54 Å². The third-order valence-corrected chi connectivity index (χ3v) is 4.01. The summed E-state index contributed by atoms with van der Waals surface area (Å²) in [5.74, 6) is -0.239. The lowest BCUT2D eigenvalue weighted by molar-refractivity contribution is 0.108. The second kappa shape index (κ2) is 7.00. The van der Waals surface area contributed by atoms with Crippen molar-refractivity contribution in [1.82, 2.24) is 19.6 Å². The summed E-state index contributed by atoms with van der Waals surface area (Å²) in [5, 5.41) is 13.3. The molecule has 0 radical (unpaired) electrons. The molecular formula is C16H21FN4O. The van der Waals surface area contributed by atoms with Gasteiger partial charge in [0.05, 0.1) is 18.5 Å². The van der Waals surface area contributed by atoms with Gasteiger partial charge in [0.25, 0.3) is 0 Å². The minimum absolute atomic E-state index is 0.227. The SMILES string of the molecule is OCCN1CCN(Cc2cnn(-c3ccc(F)cc3)c2)CC1. The molecule has 1 fully saturated rings. The zero-order valence-electron chi connectivity index (χ0n) is 12.5. The van der Waals surface area contributed by atoms with Crippen LogP contribution in [-0.4, -0.2) is 64.0 Å². The predicted molar refractivity (Wildman–Crippen MR) is 82.3 cm³/mol. The van der Waals surface area contributed by atoms with E-state index in [2.05, 4.69) is 14.9 Å². The molecule has 118 valence electrons. The molecule has 0 spiro atoms. The van der Waals surface area contributed by atoms with Crippen LogP contribution in [0.1, 0.15) is 5.56 Å². The summed E-state index contributed by atoms with van der Waals surface area (Å²) in [6.45, 7) is 5.84. The Bertz CT molecular complexity index is 590. The number of aromatic nitrogens is 2. The van der Waals surface area contributed by atoms with Crippen LogP contribution in [0.3, 0.4) is 0 Å². The molecule has 0 atom stereocenters. The Labute approximate surface area is 129 Å². The Morgan fingerprint density at radius 1 is 1.05 bits per heavy atom. The summed E-state index contributed by atoms with van der Waals surface area (Å²) in [7, 11) is 0. The van der Waals surface area contributed by atoms with E-state index in [1.54, 1.807) is 16.8 Å². The van der Waals surface area contributed by atoms with E-state index in [9.17, 15) is 4.39 Å². The van der Waals surface area contributed by atoms with Gasteiger partial charge in [0.15, 0.2) is 0 Å². The van der Waals surface area contributed by atoms with E-state index in [0.29, 0.717) is 0 Å². The molecule has 1 aliphatic heterocycles. The maximum Gasteiger partial charge on any atom is 0.123 e. The molecule has 3 rings (SSSR count). The average molecular weight is 304 g/mol. The summed E-state index contributed by atoms with van der Waals surface area (Å²) in [4.78, 5) is 4.67. The Kier molecular flexibility index (Phi) is 4.82. The third-order valence-electron chi connectivity index (χ3n) is 4.01. The van der Waals surface area contributed by atoms with E-state index in [1.807, 2.05) is 12.4 Å². The van der Waals surface area contributed by atoms with Crippen molar-refractivity contribution in [3.05, 3.63) is 48.0 Å². The van der Waals surface area contributed by atoms with E-state index < -0.39 is 0 Å². The Morgan fingerprint density at radius 2 is 1.73 bits per heavy atom. The van der Waals surface area contributed by atoms with Crippen molar-refractivity contribution < 1.29 is 9.50 Å². The number of benzene rings is 1. The van der Waals surface area contributed by atoms with Gasteiger partial charge in [-0.05, 0) is 24.3 Å². The lowest BCUT2D eigenvalue weighted by Crippen LogP contribution is -2.46. The fourth-order valence-corrected chi connectivity index (χ4v) is 2.75. The van der Waals surface area contributed by atoms with Crippen LogP contribution in [0.4, 0.5) is 4.39 Å². The number of halogens is 1. The molecular weight excluding hydrogens is 283 g/mol. The van der Waals surface area contributed by atoms with Gasteiger partial charge in [-0.25, -0.2) is 9.07 Å². The maximum atomic E-state index is 12.9. The van der Waals surface area contributed by atoms with Gasteiger partial charge < -0.3 is 5.11 Å². The largest absolute Gasteiger partial charge is 0.395 e. The Hall–Kier alpha value is -1.76. The van der Waals surface area contributed by atoms with Gasteiger partial charge in [-0.2, -0.15) is 5.10 Å². The first kappa shape index (κ1) is 15.1. The number of aliphatic hydroxyl groups is 1. The van der Waals surface area contributed by atoms with Gasteiger partial charge in [0.2, 0.25) is 0 Å². The quantitative estimate of drug-likeness (QED) is 0.899. The average Bonchev–Trinajstić information content (AvgIpc) is 2.99. The maximum absolute atomic E-state index is 12.9. The van der Waals surface area contributed by atoms with Crippen molar-refractivity contribution >= 4 is 0 Å². The zero-order valence-corrected chi connectivity index (χ0v) is 12.5. The smallest absolute Gasteiger partial charge is 0.123 e. The standard InChI is InChI=1S/C16H21FN4O/c17-15-1-3-16(4-2-15)21-13-14(11-18-21)12-20-7-5-19(6-8-20)9-10-22/h1-4,11,13,22H,5-10,12H2. The number of hydrogen-bond acceptors (Lipinski definition) is 4. The second-order valence-corrected chi connectivity index (χ2v) is 5.61. The number of nitrogens with zero attached hydrogens (tertiary/aromatic N) is 4. The molecule has 1 aromatic carbocycles. The number of hydrogen-bond donors (Lipinski definition) is 1. The van der Waals surface area contributed by atoms with Crippen LogP contribution >= 0.6 is 0 Å². The minimum atomic E-state index is -0.239. The fourth-order valence-electron chi connectivity index (χ4n) is 2.75. The molecule has 0 bridgehead atoms. The van der Waals surface area contributed by atoms with Crippen LogP contribution in [0.2, 0.25) is 0 Å². The van der Waals surface area contributed by atoms with Gasteiger partial charge in [0.1, 0.15) is 5.82 Å². The number of rotatable bonds is 5. The number of piperazine rings is 1. The van der Waals surface area contributed by atoms with Crippen molar-refractivity contribution in [3.63, 3.8) is 0 Å². The Balaban J connectivity index is 1.57. The molecule has 5 nitrogen and oxygen atoms in total. The summed E-state index contributed by atoms with van der Waals surface area (Å²) in [5.41, 5.74) is 2.01. The van der Waals surface area contributed by atoms with Crippen molar-refractivity contribution in [2.24, 2.45) is 0 Å². The van der Waals surface area contributed by atoms with Crippen molar-refractivity contribution in [2.75, 3.05) is 39.3 Å². The molecule has 2 aromatic rings. The number of aliphatic hydroxyl groups excluding tert-OH is 1. The predicted octanol–water partition coefficient (Wildman–Crippen LogP) is 1.12. The highest BCUT2D eigenvalue weighted by Crippen LogP contribution is 2.12. The molecule has 22 heavy (non-hydrogen) atoms. The highest BCUT2D eigenvalue weighted by Gasteiger charge is 2.16. The fraction of sp³-hybridized carbons (Fsp3) is 0.438. The number of β-amino-alcohol motifs (C(OH)–C–C–N with tert-alkyl or cyclic N) is 1. The molecule has 0 saturated carbocycles. The molecule has 1 aliphatic rings. The molecule has 1 aromatic heterocycles. The van der Waals surface area contributed by atoms with Crippen molar-refractivity contribution in [3.8, 4) is 5.69 Å². The lowest BCUT2D eigenvalue weighted by atomic mass is 10.2. The van der Waals surface area contributed by atoms with Crippen LogP contribution in [0.25, 0.3) is 5.69 Å². The summed E-state index contributed by atoms with van der Waals surface area (Å²) < 4.78 is 14.7. The highest BCUT2D eigenvalue weighted by atomic mass is 19.1. The third kappa shape index (κ3) is 3.71. The van der Waals surface area contributed by atoms with Crippen LogP contribution in [0, 0.1) is 5.82 Å². The molecule has 0 aliphatic carbocycles.